The molecule has 0 saturated carbocycles. The van der Waals surface area contributed by atoms with E-state index in [9.17, 15) is 9.59 Å². The minimum absolute atomic E-state index is 0.0975. The SMILES string of the molecule is CCCCCOc1cccc(C2c3c(oc4c(C)cc(C)cc4c3=O)C(=O)N2Cc2ccco2)c1. The number of aryl methyl sites for hydroxylation is 2. The molecule has 1 aliphatic rings. The maximum absolute atomic E-state index is 13.8. The van der Waals surface area contributed by atoms with Crippen LogP contribution in [0.1, 0.15) is 70.8 Å². The van der Waals surface area contributed by atoms with Crippen LogP contribution in [0.4, 0.5) is 0 Å². The van der Waals surface area contributed by atoms with Gasteiger partial charge in [0.2, 0.25) is 5.76 Å². The van der Waals surface area contributed by atoms with E-state index in [-0.39, 0.29) is 23.6 Å². The first-order valence-electron chi connectivity index (χ1n) is 12.1. The van der Waals surface area contributed by atoms with Crippen LogP contribution in [0.3, 0.4) is 0 Å². The number of hydrogen-bond acceptors (Lipinski definition) is 5. The van der Waals surface area contributed by atoms with E-state index in [0.717, 1.165) is 36.0 Å². The van der Waals surface area contributed by atoms with Gasteiger partial charge in [-0.25, -0.2) is 0 Å². The molecule has 0 spiro atoms. The van der Waals surface area contributed by atoms with Crippen LogP contribution >= 0.6 is 0 Å². The van der Waals surface area contributed by atoms with Crippen molar-refractivity contribution in [3.05, 3.63) is 98.8 Å². The number of rotatable bonds is 8. The van der Waals surface area contributed by atoms with Gasteiger partial charge in [0.05, 0.1) is 36.4 Å². The zero-order valence-corrected chi connectivity index (χ0v) is 20.3. The number of furan rings is 1. The molecule has 1 amide bonds. The molecule has 0 N–H and O–H groups in total. The number of ether oxygens (including phenoxy) is 1. The van der Waals surface area contributed by atoms with Gasteiger partial charge in [-0.15, -0.1) is 0 Å². The minimum atomic E-state index is -0.608. The summed E-state index contributed by atoms with van der Waals surface area (Å²) in [5.41, 5.74) is 3.24. The standard InChI is InChI=1S/C29H29NO5/c1-4-5-6-12-33-21-10-7-9-20(16-21)25-24-26(31)23-15-18(2)14-19(3)27(23)35-28(24)29(32)30(25)17-22-11-8-13-34-22/h7-11,13-16,25H,4-6,12,17H2,1-3H3. The molecule has 0 radical (unpaired) electrons. The van der Waals surface area contributed by atoms with Gasteiger partial charge < -0.3 is 18.5 Å². The van der Waals surface area contributed by atoms with E-state index >= 15 is 0 Å². The van der Waals surface area contributed by atoms with Crippen LogP contribution in [0.25, 0.3) is 11.0 Å². The Morgan fingerprint density at radius 2 is 1.89 bits per heavy atom. The number of nitrogens with zero attached hydrogens (tertiary/aromatic N) is 1. The van der Waals surface area contributed by atoms with Gasteiger partial charge in [0.1, 0.15) is 17.1 Å². The van der Waals surface area contributed by atoms with Crippen molar-refractivity contribution < 1.29 is 18.4 Å². The Bertz CT molecular complexity index is 1430. The number of amides is 1. The second-order valence-corrected chi connectivity index (χ2v) is 9.18. The highest BCUT2D eigenvalue weighted by molar-refractivity contribution is 5.99. The van der Waals surface area contributed by atoms with Crippen molar-refractivity contribution in [2.24, 2.45) is 0 Å². The Morgan fingerprint density at radius 1 is 1.03 bits per heavy atom. The molecule has 0 bridgehead atoms. The van der Waals surface area contributed by atoms with Crippen LogP contribution in [0, 0.1) is 13.8 Å². The molecule has 1 atom stereocenters. The molecular formula is C29H29NO5. The van der Waals surface area contributed by atoms with E-state index in [4.69, 9.17) is 13.6 Å². The summed E-state index contributed by atoms with van der Waals surface area (Å²) < 4.78 is 17.7. The highest BCUT2D eigenvalue weighted by Gasteiger charge is 2.43. The van der Waals surface area contributed by atoms with Crippen molar-refractivity contribution in [2.45, 2.75) is 52.6 Å². The molecular weight excluding hydrogens is 442 g/mol. The van der Waals surface area contributed by atoms with Gasteiger partial charge in [0, 0.05) is 0 Å². The van der Waals surface area contributed by atoms with Gasteiger partial charge in [-0.3, -0.25) is 9.59 Å². The zero-order chi connectivity index (χ0) is 24.5. The molecule has 1 unspecified atom stereocenters. The van der Waals surface area contributed by atoms with E-state index in [0.29, 0.717) is 34.6 Å². The molecule has 4 aromatic rings. The van der Waals surface area contributed by atoms with Crippen molar-refractivity contribution >= 4 is 16.9 Å². The average molecular weight is 472 g/mol. The van der Waals surface area contributed by atoms with E-state index in [1.165, 1.54) is 0 Å². The average Bonchev–Trinajstić information content (AvgIpc) is 3.45. The summed E-state index contributed by atoms with van der Waals surface area (Å²) in [6.45, 7) is 6.84. The van der Waals surface area contributed by atoms with E-state index in [1.807, 2.05) is 56.3 Å². The van der Waals surface area contributed by atoms with Crippen molar-refractivity contribution in [1.82, 2.24) is 4.90 Å². The topological polar surface area (TPSA) is 72.9 Å². The maximum atomic E-state index is 13.8. The monoisotopic (exact) mass is 471 g/mol. The second-order valence-electron chi connectivity index (χ2n) is 9.18. The first kappa shape index (κ1) is 23.0. The highest BCUT2D eigenvalue weighted by atomic mass is 16.5. The molecule has 6 heteroatoms. The molecule has 180 valence electrons. The van der Waals surface area contributed by atoms with Crippen LogP contribution in [-0.4, -0.2) is 17.4 Å². The van der Waals surface area contributed by atoms with Crippen LogP contribution in [0.5, 0.6) is 5.75 Å². The molecule has 2 aromatic heterocycles. The third kappa shape index (κ3) is 4.25. The zero-order valence-electron chi connectivity index (χ0n) is 20.3. The van der Waals surface area contributed by atoms with E-state index in [2.05, 4.69) is 6.92 Å². The first-order chi connectivity index (χ1) is 17.0. The summed E-state index contributed by atoms with van der Waals surface area (Å²) in [7, 11) is 0. The summed E-state index contributed by atoms with van der Waals surface area (Å²) in [6, 6.07) is 14.4. The molecule has 0 aliphatic carbocycles. The fourth-order valence-corrected chi connectivity index (χ4v) is 4.87. The fourth-order valence-electron chi connectivity index (χ4n) is 4.87. The third-order valence-electron chi connectivity index (χ3n) is 6.49. The number of benzene rings is 2. The number of hydrogen-bond donors (Lipinski definition) is 0. The first-order valence-corrected chi connectivity index (χ1v) is 12.1. The maximum Gasteiger partial charge on any atom is 0.291 e. The van der Waals surface area contributed by atoms with Crippen molar-refractivity contribution in [1.29, 1.82) is 0 Å². The molecule has 2 aromatic carbocycles. The summed E-state index contributed by atoms with van der Waals surface area (Å²) in [6.07, 6.45) is 4.78. The van der Waals surface area contributed by atoms with Gasteiger partial charge in [0.25, 0.3) is 5.91 Å². The van der Waals surface area contributed by atoms with Gasteiger partial charge in [-0.1, -0.05) is 38.0 Å². The molecule has 5 rings (SSSR count). The Morgan fingerprint density at radius 3 is 2.66 bits per heavy atom. The predicted octanol–water partition coefficient (Wildman–Crippen LogP) is 6.32. The largest absolute Gasteiger partial charge is 0.494 e. The lowest BCUT2D eigenvalue weighted by atomic mass is 9.97. The Kier molecular flexibility index (Phi) is 6.20. The van der Waals surface area contributed by atoms with Crippen LogP contribution in [0.2, 0.25) is 0 Å². The van der Waals surface area contributed by atoms with Crippen LogP contribution in [0.15, 0.2) is 68.4 Å². The molecule has 1 aliphatic heterocycles. The molecule has 6 nitrogen and oxygen atoms in total. The Labute approximate surface area is 204 Å². The van der Waals surface area contributed by atoms with Crippen LogP contribution in [-0.2, 0) is 6.54 Å². The summed E-state index contributed by atoms with van der Waals surface area (Å²) in [4.78, 5) is 29.1. The van der Waals surface area contributed by atoms with Crippen LogP contribution < -0.4 is 10.2 Å². The quantitative estimate of drug-likeness (QED) is 0.281. The molecule has 0 fully saturated rings. The Balaban J connectivity index is 1.64. The van der Waals surface area contributed by atoms with E-state index in [1.54, 1.807) is 17.2 Å². The second kappa shape index (κ2) is 9.45. The van der Waals surface area contributed by atoms with Crippen molar-refractivity contribution in [2.75, 3.05) is 6.61 Å². The van der Waals surface area contributed by atoms with Gasteiger partial charge in [-0.2, -0.15) is 0 Å². The molecule has 0 saturated heterocycles. The lowest BCUT2D eigenvalue weighted by Gasteiger charge is -2.24. The van der Waals surface area contributed by atoms with Gasteiger partial charge >= 0.3 is 0 Å². The van der Waals surface area contributed by atoms with E-state index < -0.39 is 6.04 Å². The third-order valence-corrected chi connectivity index (χ3v) is 6.49. The summed E-state index contributed by atoms with van der Waals surface area (Å²) in [5.74, 6) is 1.12. The predicted molar refractivity (Wildman–Crippen MR) is 134 cm³/mol. The number of unbranched alkanes of at least 4 members (excludes halogenated alkanes) is 2. The lowest BCUT2D eigenvalue weighted by Crippen LogP contribution is -2.29. The van der Waals surface area contributed by atoms with Gasteiger partial charge in [0.15, 0.2) is 5.43 Å². The summed E-state index contributed by atoms with van der Waals surface area (Å²) >= 11 is 0. The van der Waals surface area contributed by atoms with Crippen molar-refractivity contribution in [3.8, 4) is 5.75 Å². The van der Waals surface area contributed by atoms with Gasteiger partial charge in [-0.05, 0) is 67.3 Å². The Hall–Kier alpha value is -3.80. The fraction of sp³-hybridized carbons (Fsp3) is 0.310. The smallest absolute Gasteiger partial charge is 0.291 e. The summed E-state index contributed by atoms with van der Waals surface area (Å²) in [5, 5.41) is 0.492. The lowest BCUT2D eigenvalue weighted by molar-refractivity contribution is 0.0701. The normalized spacial score (nSPS) is 15.1. The van der Waals surface area contributed by atoms with Crippen molar-refractivity contribution in [3.63, 3.8) is 0 Å². The molecule has 35 heavy (non-hydrogen) atoms. The number of carbonyl (C=O) groups is 1. The highest BCUT2D eigenvalue weighted by Crippen LogP contribution is 2.40. The number of fused-ring (bicyclic) bond motifs is 2. The minimum Gasteiger partial charge on any atom is -0.494 e. The molecule has 3 heterocycles. The number of carbonyl (C=O) groups excluding carboxylic acids is 1.